The van der Waals surface area contributed by atoms with Crippen LogP contribution in [-0.4, -0.2) is 31.9 Å². The second kappa shape index (κ2) is 8.23. The fourth-order valence-corrected chi connectivity index (χ4v) is 3.59. The molecule has 24 heavy (non-hydrogen) atoms. The Morgan fingerprint density at radius 2 is 2.04 bits per heavy atom. The maximum atomic E-state index is 12.8. The van der Waals surface area contributed by atoms with Crippen molar-refractivity contribution in [1.29, 1.82) is 0 Å². The number of rotatable bonds is 7. The highest BCUT2D eigenvalue weighted by molar-refractivity contribution is 7.99. The average Bonchev–Trinajstić information content (AvgIpc) is 3.25. The largest absolute Gasteiger partial charge is 0.351 e. The first-order valence-corrected chi connectivity index (χ1v) is 9.23. The van der Waals surface area contributed by atoms with Gasteiger partial charge in [-0.3, -0.25) is 4.79 Å². The van der Waals surface area contributed by atoms with Crippen molar-refractivity contribution in [2.75, 3.05) is 5.75 Å². The van der Waals surface area contributed by atoms with Crippen LogP contribution in [0.25, 0.3) is 0 Å². The zero-order valence-electron chi connectivity index (χ0n) is 13.3. The topological polar surface area (TPSA) is 72.7 Å². The van der Waals surface area contributed by atoms with Gasteiger partial charge >= 0.3 is 0 Å². The smallest absolute Gasteiger partial charge is 0.230 e. The Bertz CT molecular complexity index is 669. The van der Waals surface area contributed by atoms with E-state index in [4.69, 9.17) is 0 Å². The number of benzene rings is 1. The number of amides is 1. The van der Waals surface area contributed by atoms with Gasteiger partial charge in [0.25, 0.3) is 0 Å². The van der Waals surface area contributed by atoms with Gasteiger partial charge in [-0.05, 0) is 41.0 Å². The maximum absolute atomic E-state index is 12.8. The lowest BCUT2D eigenvalue weighted by molar-refractivity contribution is -0.118. The van der Waals surface area contributed by atoms with Gasteiger partial charge in [-0.15, -0.1) is 16.9 Å². The van der Waals surface area contributed by atoms with Crippen molar-refractivity contribution in [3.05, 3.63) is 41.5 Å². The SMILES string of the molecule is O=C(CSCc1nnnn1C1CCCC1)NCc1ccc(F)cc1. The third kappa shape index (κ3) is 4.53. The number of tetrazole rings is 1. The second-order valence-corrected chi connectivity index (χ2v) is 6.86. The third-order valence-electron chi connectivity index (χ3n) is 4.10. The molecule has 1 amide bonds. The van der Waals surface area contributed by atoms with E-state index in [9.17, 15) is 9.18 Å². The molecule has 1 fully saturated rings. The minimum absolute atomic E-state index is 0.0517. The van der Waals surface area contributed by atoms with Crippen LogP contribution >= 0.6 is 11.8 Å². The first-order chi connectivity index (χ1) is 11.7. The minimum Gasteiger partial charge on any atom is -0.351 e. The summed E-state index contributed by atoms with van der Waals surface area (Å²) in [7, 11) is 0. The first kappa shape index (κ1) is 16.9. The fraction of sp³-hybridized carbons (Fsp3) is 0.500. The van der Waals surface area contributed by atoms with Gasteiger partial charge in [-0.25, -0.2) is 9.07 Å². The summed E-state index contributed by atoms with van der Waals surface area (Å²) in [5.41, 5.74) is 0.875. The molecule has 0 spiro atoms. The molecular weight excluding hydrogens is 329 g/mol. The Balaban J connectivity index is 1.40. The highest BCUT2D eigenvalue weighted by atomic mass is 32.2. The lowest BCUT2D eigenvalue weighted by Gasteiger charge is -2.11. The summed E-state index contributed by atoms with van der Waals surface area (Å²) in [6, 6.07) is 6.51. The quantitative estimate of drug-likeness (QED) is 0.831. The van der Waals surface area contributed by atoms with Crippen LogP contribution in [-0.2, 0) is 17.1 Å². The summed E-state index contributed by atoms with van der Waals surface area (Å²) < 4.78 is 14.7. The van der Waals surface area contributed by atoms with Gasteiger partial charge in [-0.2, -0.15) is 0 Å². The number of aromatic nitrogens is 4. The normalized spacial score (nSPS) is 14.9. The molecule has 3 rings (SSSR count). The van der Waals surface area contributed by atoms with E-state index in [1.807, 2.05) is 4.68 Å². The molecule has 128 valence electrons. The van der Waals surface area contributed by atoms with Gasteiger partial charge in [0, 0.05) is 6.54 Å². The number of halogens is 1. The molecule has 0 atom stereocenters. The lowest BCUT2D eigenvalue weighted by atomic mass is 10.2. The average molecular weight is 349 g/mol. The Kier molecular flexibility index (Phi) is 5.79. The summed E-state index contributed by atoms with van der Waals surface area (Å²) in [5, 5.41) is 14.8. The predicted octanol–water partition coefficient (Wildman–Crippen LogP) is 2.48. The standard InChI is InChI=1S/C16H20FN5OS/c17-13-7-5-12(6-8-13)9-18-16(23)11-24-10-15-19-20-21-22(15)14-3-1-2-4-14/h5-8,14H,1-4,9-11H2,(H,18,23). The highest BCUT2D eigenvalue weighted by Crippen LogP contribution is 2.29. The van der Waals surface area contributed by atoms with Gasteiger partial charge in [0.1, 0.15) is 5.82 Å². The maximum Gasteiger partial charge on any atom is 0.230 e. The van der Waals surface area contributed by atoms with E-state index in [0.717, 1.165) is 24.2 Å². The predicted molar refractivity (Wildman–Crippen MR) is 89.7 cm³/mol. The van der Waals surface area contributed by atoms with Crippen LogP contribution < -0.4 is 5.32 Å². The van der Waals surface area contributed by atoms with E-state index in [-0.39, 0.29) is 11.7 Å². The number of thioether (sulfide) groups is 1. The molecule has 0 radical (unpaired) electrons. The lowest BCUT2D eigenvalue weighted by Crippen LogP contribution is -2.24. The monoisotopic (exact) mass is 349 g/mol. The van der Waals surface area contributed by atoms with Crippen molar-refractivity contribution in [2.45, 2.75) is 44.0 Å². The Labute approximate surface area is 144 Å². The molecule has 1 aliphatic rings. The Hall–Kier alpha value is -1.96. The second-order valence-electron chi connectivity index (χ2n) is 5.87. The number of nitrogens with one attached hydrogen (secondary N) is 1. The van der Waals surface area contributed by atoms with Crippen molar-refractivity contribution in [3.8, 4) is 0 Å². The van der Waals surface area contributed by atoms with Crippen LogP contribution in [0.3, 0.4) is 0 Å². The van der Waals surface area contributed by atoms with E-state index < -0.39 is 0 Å². The number of nitrogens with zero attached hydrogens (tertiary/aromatic N) is 4. The molecule has 0 saturated heterocycles. The van der Waals surface area contributed by atoms with Crippen molar-refractivity contribution < 1.29 is 9.18 Å². The van der Waals surface area contributed by atoms with Crippen LogP contribution in [0.5, 0.6) is 0 Å². The zero-order chi connectivity index (χ0) is 16.8. The zero-order valence-corrected chi connectivity index (χ0v) is 14.1. The fourth-order valence-electron chi connectivity index (χ4n) is 2.83. The van der Waals surface area contributed by atoms with E-state index in [1.54, 1.807) is 12.1 Å². The highest BCUT2D eigenvalue weighted by Gasteiger charge is 2.21. The van der Waals surface area contributed by atoms with Crippen molar-refractivity contribution in [3.63, 3.8) is 0 Å². The molecule has 0 aliphatic heterocycles. The van der Waals surface area contributed by atoms with Crippen molar-refractivity contribution >= 4 is 17.7 Å². The molecule has 0 unspecified atom stereocenters. The summed E-state index contributed by atoms with van der Waals surface area (Å²) in [4.78, 5) is 11.9. The van der Waals surface area contributed by atoms with Crippen LogP contribution in [0.2, 0.25) is 0 Å². The van der Waals surface area contributed by atoms with Gasteiger partial charge < -0.3 is 5.32 Å². The molecule has 2 aromatic rings. The number of carbonyl (C=O) groups is 1. The van der Waals surface area contributed by atoms with Crippen LogP contribution in [0.1, 0.15) is 43.1 Å². The van der Waals surface area contributed by atoms with E-state index in [1.165, 1.54) is 36.7 Å². The molecule has 1 heterocycles. The third-order valence-corrected chi connectivity index (χ3v) is 5.03. The van der Waals surface area contributed by atoms with Crippen LogP contribution in [0, 0.1) is 5.82 Å². The van der Waals surface area contributed by atoms with Gasteiger partial charge in [0.2, 0.25) is 5.91 Å². The summed E-state index contributed by atoms with van der Waals surface area (Å²) in [6.45, 7) is 0.402. The van der Waals surface area contributed by atoms with E-state index >= 15 is 0 Å². The molecule has 1 aromatic heterocycles. The van der Waals surface area contributed by atoms with Crippen molar-refractivity contribution in [1.82, 2.24) is 25.5 Å². The van der Waals surface area contributed by atoms with Gasteiger partial charge in [-0.1, -0.05) is 25.0 Å². The number of hydrogen-bond donors (Lipinski definition) is 1. The number of hydrogen-bond acceptors (Lipinski definition) is 5. The van der Waals surface area contributed by atoms with Crippen molar-refractivity contribution in [2.24, 2.45) is 0 Å². The Morgan fingerprint density at radius 1 is 1.29 bits per heavy atom. The Morgan fingerprint density at radius 3 is 2.79 bits per heavy atom. The summed E-state index contributed by atoms with van der Waals surface area (Å²) >= 11 is 1.49. The summed E-state index contributed by atoms with van der Waals surface area (Å²) in [6.07, 6.45) is 4.70. The van der Waals surface area contributed by atoms with Gasteiger partial charge in [0.15, 0.2) is 5.82 Å². The molecular formula is C16H20FN5OS. The molecule has 8 heteroatoms. The van der Waals surface area contributed by atoms with Crippen LogP contribution in [0.15, 0.2) is 24.3 Å². The molecule has 1 aliphatic carbocycles. The molecule has 1 aromatic carbocycles. The van der Waals surface area contributed by atoms with Crippen LogP contribution in [0.4, 0.5) is 4.39 Å². The van der Waals surface area contributed by atoms with E-state index in [2.05, 4.69) is 20.8 Å². The minimum atomic E-state index is -0.277. The molecule has 6 nitrogen and oxygen atoms in total. The number of carbonyl (C=O) groups excluding carboxylic acids is 1. The van der Waals surface area contributed by atoms with Gasteiger partial charge in [0.05, 0.1) is 17.5 Å². The molecule has 1 saturated carbocycles. The molecule has 1 N–H and O–H groups in total. The van der Waals surface area contributed by atoms with E-state index in [0.29, 0.717) is 24.1 Å². The molecule has 0 bridgehead atoms. The summed E-state index contributed by atoms with van der Waals surface area (Å²) in [5.74, 6) is 1.47. The first-order valence-electron chi connectivity index (χ1n) is 8.08.